The zero-order chi connectivity index (χ0) is 11.3. The van der Waals surface area contributed by atoms with Gasteiger partial charge in [-0.1, -0.05) is 0 Å². The van der Waals surface area contributed by atoms with Gasteiger partial charge in [0.2, 0.25) is 0 Å². The molecule has 1 amide bonds. The molecule has 16 heavy (non-hydrogen) atoms. The van der Waals surface area contributed by atoms with E-state index in [1.165, 1.54) is 6.26 Å². The fourth-order valence-electron chi connectivity index (χ4n) is 2.37. The van der Waals surface area contributed by atoms with Crippen LogP contribution in [0.5, 0.6) is 0 Å². The van der Waals surface area contributed by atoms with Crippen molar-refractivity contribution < 1.29 is 14.3 Å². The molecule has 0 bridgehead atoms. The summed E-state index contributed by atoms with van der Waals surface area (Å²) in [6.07, 6.45) is 3.71. The van der Waals surface area contributed by atoms with Gasteiger partial charge in [0.05, 0.1) is 19.4 Å². The van der Waals surface area contributed by atoms with Crippen molar-refractivity contribution in [3.05, 3.63) is 23.7 Å². The second kappa shape index (κ2) is 3.10. The molecule has 1 aliphatic carbocycles. The van der Waals surface area contributed by atoms with Crippen molar-refractivity contribution >= 4 is 5.91 Å². The molecule has 1 aliphatic heterocycles. The maximum absolute atomic E-state index is 12.0. The maximum atomic E-state index is 12.0. The maximum Gasteiger partial charge on any atom is 0.290 e. The van der Waals surface area contributed by atoms with Crippen molar-refractivity contribution in [3.8, 4) is 0 Å². The number of aliphatic hydroxyl groups is 1. The molecule has 0 unspecified atom stereocenters. The van der Waals surface area contributed by atoms with Gasteiger partial charge in [0.15, 0.2) is 5.76 Å². The minimum Gasteiger partial charge on any atom is -0.459 e. The fourth-order valence-corrected chi connectivity index (χ4v) is 2.37. The van der Waals surface area contributed by atoms with E-state index in [1.807, 2.05) is 6.92 Å². The highest BCUT2D eigenvalue weighted by molar-refractivity contribution is 5.93. The summed E-state index contributed by atoms with van der Waals surface area (Å²) in [6, 6.07) is 1.78. The Labute approximate surface area is 93.8 Å². The predicted molar refractivity (Wildman–Crippen MR) is 57.0 cm³/mol. The molecule has 2 heterocycles. The summed E-state index contributed by atoms with van der Waals surface area (Å²) in [6.45, 7) is 2.76. The number of furan rings is 1. The van der Waals surface area contributed by atoms with Gasteiger partial charge in [0.1, 0.15) is 5.60 Å². The van der Waals surface area contributed by atoms with E-state index in [1.54, 1.807) is 11.0 Å². The van der Waals surface area contributed by atoms with Crippen LogP contribution >= 0.6 is 0 Å². The van der Waals surface area contributed by atoms with Gasteiger partial charge in [-0.15, -0.1) is 0 Å². The smallest absolute Gasteiger partial charge is 0.290 e. The Morgan fingerprint density at radius 2 is 2.25 bits per heavy atom. The zero-order valence-electron chi connectivity index (χ0n) is 9.27. The average molecular weight is 221 g/mol. The lowest BCUT2D eigenvalue weighted by Crippen LogP contribution is -2.64. The van der Waals surface area contributed by atoms with E-state index in [0.29, 0.717) is 24.8 Å². The van der Waals surface area contributed by atoms with E-state index in [9.17, 15) is 9.90 Å². The molecule has 1 N–H and O–H groups in total. The van der Waals surface area contributed by atoms with Gasteiger partial charge in [0, 0.05) is 5.56 Å². The molecule has 0 radical (unpaired) electrons. The minimum atomic E-state index is -0.615. The molecule has 0 spiro atoms. The number of β-amino-alcohol motifs (C(OH)–C–C–N with tert-alkyl or cyclic N) is 1. The van der Waals surface area contributed by atoms with E-state index in [2.05, 4.69) is 0 Å². The highest BCUT2D eigenvalue weighted by Crippen LogP contribution is 2.44. The Balaban J connectivity index is 1.68. The number of amides is 1. The first-order valence-corrected chi connectivity index (χ1v) is 5.66. The van der Waals surface area contributed by atoms with Gasteiger partial charge >= 0.3 is 0 Å². The standard InChI is InChI=1S/C12H15NO3/c1-8-4-5-16-10(8)11(14)13-6-12(15,7-13)9-2-3-9/h4-5,9,15H,2-3,6-7H2,1H3. The lowest BCUT2D eigenvalue weighted by Gasteiger charge is -2.46. The monoisotopic (exact) mass is 221 g/mol. The first-order chi connectivity index (χ1) is 7.60. The van der Waals surface area contributed by atoms with Crippen molar-refractivity contribution in [1.82, 2.24) is 4.90 Å². The molecule has 4 heteroatoms. The molecular formula is C12H15NO3. The second-order valence-electron chi connectivity index (χ2n) is 4.97. The number of carbonyl (C=O) groups is 1. The SMILES string of the molecule is Cc1ccoc1C(=O)N1CC(O)(C2CC2)C1. The summed E-state index contributed by atoms with van der Waals surface area (Å²) in [5.74, 6) is 0.708. The van der Waals surface area contributed by atoms with Crippen LogP contribution in [0.15, 0.2) is 16.7 Å². The highest BCUT2D eigenvalue weighted by atomic mass is 16.3. The van der Waals surface area contributed by atoms with Gasteiger partial charge in [-0.3, -0.25) is 4.79 Å². The van der Waals surface area contributed by atoms with Gasteiger partial charge in [-0.25, -0.2) is 0 Å². The Hall–Kier alpha value is -1.29. The van der Waals surface area contributed by atoms with E-state index in [4.69, 9.17) is 4.42 Å². The van der Waals surface area contributed by atoms with Crippen LogP contribution in [0.2, 0.25) is 0 Å². The van der Waals surface area contributed by atoms with E-state index in [-0.39, 0.29) is 5.91 Å². The molecule has 3 rings (SSSR count). The predicted octanol–water partition coefficient (Wildman–Crippen LogP) is 1.18. The summed E-state index contributed by atoms with van der Waals surface area (Å²) in [4.78, 5) is 13.6. The third kappa shape index (κ3) is 1.37. The van der Waals surface area contributed by atoms with Crippen LogP contribution in [0, 0.1) is 12.8 Å². The summed E-state index contributed by atoms with van der Waals surface area (Å²) in [7, 11) is 0. The van der Waals surface area contributed by atoms with Gasteiger partial charge in [-0.05, 0) is 31.7 Å². The second-order valence-corrected chi connectivity index (χ2v) is 4.97. The number of carbonyl (C=O) groups excluding carboxylic acids is 1. The lowest BCUT2D eigenvalue weighted by atomic mass is 9.88. The Kier molecular flexibility index (Phi) is 1.92. The van der Waals surface area contributed by atoms with Gasteiger partial charge in [-0.2, -0.15) is 0 Å². The van der Waals surface area contributed by atoms with Crippen molar-refractivity contribution in [3.63, 3.8) is 0 Å². The van der Waals surface area contributed by atoms with E-state index >= 15 is 0 Å². The Bertz CT molecular complexity index is 427. The molecular weight excluding hydrogens is 206 g/mol. The van der Waals surface area contributed by atoms with Crippen molar-refractivity contribution in [2.45, 2.75) is 25.4 Å². The first-order valence-electron chi connectivity index (χ1n) is 5.66. The van der Waals surface area contributed by atoms with Crippen LogP contribution in [0.25, 0.3) is 0 Å². The Morgan fingerprint density at radius 3 is 2.75 bits per heavy atom. The third-order valence-electron chi connectivity index (χ3n) is 3.61. The van der Waals surface area contributed by atoms with Crippen LogP contribution < -0.4 is 0 Å². The van der Waals surface area contributed by atoms with Crippen LogP contribution in [-0.4, -0.2) is 34.6 Å². The molecule has 2 fully saturated rings. The number of hydrogen-bond donors (Lipinski definition) is 1. The molecule has 0 aromatic carbocycles. The van der Waals surface area contributed by atoms with Crippen LogP contribution in [0.4, 0.5) is 0 Å². The van der Waals surface area contributed by atoms with E-state index in [0.717, 1.165) is 18.4 Å². The summed E-state index contributed by atoms with van der Waals surface area (Å²) < 4.78 is 5.15. The Morgan fingerprint density at radius 1 is 1.56 bits per heavy atom. The van der Waals surface area contributed by atoms with Gasteiger partial charge in [0.25, 0.3) is 5.91 Å². The largest absolute Gasteiger partial charge is 0.459 e. The quantitative estimate of drug-likeness (QED) is 0.816. The zero-order valence-corrected chi connectivity index (χ0v) is 9.27. The topological polar surface area (TPSA) is 53.7 Å². The number of likely N-dealkylation sites (tertiary alicyclic amines) is 1. The van der Waals surface area contributed by atoms with Crippen LogP contribution in [0.3, 0.4) is 0 Å². The normalized spacial score (nSPS) is 23.0. The minimum absolute atomic E-state index is 0.104. The number of nitrogens with zero attached hydrogens (tertiary/aromatic N) is 1. The number of hydrogen-bond acceptors (Lipinski definition) is 3. The highest BCUT2D eigenvalue weighted by Gasteiger charge is 2.53. The number of aryl methyl sites for hydroxylation is 1. The molecule has 1 aromatic heterocycles. The molecule has 1 saturated carbocycles. The molecule has 86 valence electrons. The summed E-state index contributed by atoms with van der Waals surface area (Å²) >= 11 is 0. The molecule has 0 atom stereocenters. The summed E-state index contributed by atoms with van der Waals surface area (Å²) in [5, 5.41) is 10.1. The lowest BCUT2D eigenvalue weighted by molar-refractivity contribution is -0.0965. The van der Waals surface area contributed by atoms with Crippen molar-refractivity contribution in [1.29, 1.82) is 0 Å². The van der Waals surface area contributed by atoms with E-state index < -0.39 is 5.60 Å². The molecule has 1 aromatic rings. The average Bonchev–Trinajstić information content (AvgIpc) is 2.97. The van der Waals surface area contributed by atoms with Crippen LogP contribution in [0.1, 0.15) is 29.0 Å². The molecule has 2 aliphatic rings. The van der Waals surface area contributed by atoms with Crippen molar-refractivity contribution in [2.75, 3.05) is 13.1 Å². The summed E-state index contributed by atoms with van der Waals surface area (Å²) in [5.41, 5.74) is 0.239. The van der Waals surface area contributed by atoms with Gasteiger partial charge < -0.3 is 14.4 Å². The fraction of sp³-hybridized carbons (Fsp3) is 0.583. The van der Waals surface area contributed by atoms with Crippen molar-refractivity contribution in [2.24, 2.45) is 5.92 Å². The molecule has 4 nitrogen and oxygen atoms in total. The van der Waals surface area contributed by atoms with Crippen LogP contribution in [-0.2, 0) is 0 Å². The third-order valence-corrected chi connectivity index (χ3v) is 3.61. The molecule has 1 saturated heterocycles. The number of rotatable bonds is 2. The first kappa shape index (κ1) is 9.90.